The summed E-state index contributed by atoms with van der Waals surface area (Å²) in [6.07, 6.45) is 4.53. The molecule has 0 fully saturated rings. The summed E-state index contributed by atoms with van der Waals surface area (Å²) in [6, 6.07) is 11.9. The highest BCUT2D eigenvalue weighted by Crippen LogP contribution is 2.16. The summed E-state index contributed by atoms with van der Waals surface area (Å²) < 4.78 is 49.5. The number of carboxylic acid groups (broad SMARTS) is 1. The van der Waals surface area contributed by atoms with E-state index in [2.05, 4.69) is 36.6 Å². The molecule has 0 radical (unpaired) electrons. The minimum Gasteiger partial charge on any atom is -0.508 e. The van der Waals surface area contributed by atoms with E-state index in [9.17, 15) is 43.8 Å². The van der Waals surface area contributed by atoms with E-state index in [1.54, 1.807) is 50.2 Å². The number of phenolic OH excluding ortho intramolecular Hbond substituents is 1. The molecular formula is C55H78N8O18. The molecule has 0 unspecified atom stereocenters. The van der Waals surface area contributed by atoms with Crippen molar-refractivity contribution >= 4 is 47.4 Å². The number of aryl methyl sites for hydroxylation is 3. The minimum absolute atomic E-state index is 0.0321. The lowest BCUT2D eigenvalue weighted by Crippen LogP contribution is -2.48. The van der Waals surface area contributed by atoms with Crippen LogP contribution < -0.4 is 31.3 Å². The smallest absolute Gasteiger partial charge is 0.328 e. The third-order valence-electron chi connectivity index (χ3n) is 11.5. The van der Waals surface area contributed by atoms with Gasteiger partial charge in [-0.1, -0.05) is 18.2 Å². The minimum atomic E-state index is -1.45. The largest absolute Gasteiger partial charge is 0.508 e. The number of nitrogens with zero attached hydrogens (tertiary/aromatic N) is 3. The van der Waals surface area contributed by atoms with Gasteiger partial charge in [0.2, 0.25) is 17.8 Å². The van der Waals surface area contributed by atoms with E-state index in [0.717, 1.165) is 23.3 Å². The summed E-state index contributed by atoms with van der Waals surface area (Å²) in [7, 11) is 0. The van der Waals surface area contributed by atoms with E-state index in [1.807, 2.05) is 6.07 Å². The fraction of sp³-hybridized carbons (Fsp3) is 0.545. The molecule has 2 aromatic carbocycles. The van der Waals surface area contributed by atoms with Crippen LogP contribution in [0.1, 0.15) is 63.4 Å². The van der Waals surface area contributed by atoms with Crippen LogP contribution in [0.4, 0.5) is 5.95 Å². The fourth-order valence-corrected chi connectivity index (χ4v) is 7.38. The summed E-state index contributed by atoms with van der Waals surface area (Å²) in [6.45, 7) is 10.4. The zero-order chi connectivity index (χ0) is 58.3. The molecule has 0 saturated carbocycles. The first-order valence-electron chi connectivity index (χ1n) is 26.9. The van der Waals surface area contributed by atoms with Crippen molar-refractivity contribution in [2.45, 2.75) is 52.0 Å². The van der Waals surface area contributed by atoms with E-state index >= 15 is 0 Å². The molecule has 4 rings (SSSR count). The molecule has 0 saturated heterocycles. The second-order valence-corrected chi connectivity index (χ2v) is 17.9. The number of aliphatic carboxylic acids is 1. The van der Waals surface area contributed by atoms with Gasteiger partial charge in [0, 0.05) is 63.3 Å². The van der Waals surface area contributed by atoms with Crippen molar-refractivity contribution in [3.05, 3.63) is 88.8 Å². The Hall–Kier alpha value is -7.17. The number of hydrogen-bond acceptors (Lipinski definition) is 20. The molecule has 446 valence electrons. The second-order valence-electron chi connectivity index (χ2n) is 17.9. The predicted molar refractivity (Wildman–Crippen MR) is 292 cm³/mol. The SMILES string of the molecule is Cc1nc(NCCCc2cccc(O)c2)nc(C)c1C(=O)N[C@@H](CNC(=O)c1cccc(OCCCNC(=O)CCOCCOCCOCCOCCOCCOCCOCCOCCNC(=O)CCN2C(=O)C=CC2=O)c1)C(=O)O. The van der Waals surface area contributed by atoms with E-state index in [1.165, 1.54) is 18.2 Å². The standard InChI is InChI=1S/C55H78N8O18/c1-40-51(41(2)61-55(60-40)58-16-5-8-42-7-3-10-44(64)37-42)53(70)62-46(54(71)72)39-59-52(69)43-9-4-11-45(38-43)81-20-6-17-56-48(66)15-21-73-23-25-75-27-29-77-31-33-79-35-36-80-34-32-78-30-28-76-26-24-74-22-18-57-47(65)14-19-63-49(67)12-13-50(63)68/h3-4,7,9-13,37-38,46,64H,5-6,8,14-36,39H2,1-2H3,(H,56,66)(H,57,65)(H,59,69)(H,62,70)(H,71,72)(H,58,60,61)/t46-/m0/s1. The highest BCUT2D eigenvalue weighted by Gasteiger charge is 2.26. The topological polar surface area (TPSA) is 332 Å². The molecule has 1 aliphatic rings. The fourth-order valence-electron chi connectivity index (χ4n) is 7.38. The number of rotatable bonds is 46. The van der Waals surface area contributed by atoms with Gasteiger partial charge < -0.3 is 79.4 Å². The van der Waals surface area contributed by atoms with E-state index < -0.39 is 42.2 Å². The normalized spacial score (nSPS) is 12.3. The van der Waals surface area contributed by atoms with Gasteiger partial charge in [-0.05, 0) is 69.0 Å². The monoisotopic (exact) mass is 1140 g/mol. The second kappa shape index (κ2) is 40.1. The third kappa shape index (κ3) is 28.7. The Bertz CT molecular complexity index is 2410. The Balaban J connectivity index is 0.886. The molecule has 2 heterocycles. The van der Waals surface area contributed by atoms with Gasteiger partial charge in [0.15, 0.2) is 0 Å². The lowest BCUT2D eigenvalue weighted by atomic mass is 10.1. The zero-order valence-electron chi connectivity index (χ0n) is 46.2. The van der Waals surface area contributed by atoms with Gasteiger partial charge in [-0.3, -0.25) is 33.7 Å². The van der Waals surface area contributed by atoms with Gasteiger partial charge in [0.25, 0.3) is 23.6 Å². The van der Waals surface area contributed by atoms with Crippen LogP contribution in [0, 0.1) is 13.8 Å². The van der Waals surface area contributed by atoms with Gasteiger partial charge in [-0.2, -0.15) is 0 Å². The van der Waals surface area contributed by atoms with Gasteiger partial charge in [0.1, 0.15) is 17.5 Å². The number of nitrogens with one attached hydrogen (secondary N) is 5. The summed E-state index contributed by atoms with van der Waals surface area (Å²) in [5.74, 6) is -2.96. The lowest BCUT2D eigenvalue weighted by Gasteiger charge is -2.17. The Morgan fingerprint density at radius 1 is 0.580 bits per heavy atom. The number of carboxylic acids is 1. The Morgan fingerprint density at radius 3 is 1.68 bits per heavy atom. The quantitative estimate of drug-likeness (QED) is 0.0310. The summed E-state index contributed by atoms with van der Waals surface area (Å²) in [4.78, 5) is 95.2. The van der Waals surface area contributed by atoms with Gasteiger partial charge in [-0.25, -0.2) is 14.8 Å². The molecule has 0 aliphatic carbocycles. The number of anilines is 1. The van der Waals surface area contributed by atoms with Crippen LogP contribution in [0.25, 0.3) is 0 Å². The number of aromatic nitrogens is 2. The van der Waals surface area contributed by atoms with Crippen LogP contribution >= 0.6 is 0 Å². The molecule has 81 heavy (non-hydrogen) atoms. The average Bonchev–Trinajstić information content (AvgIpc) is 3.84. The molecule has 0 bridgehead atoms. The number of phenols is 1. The summed E-state index contributed by atoms with van der Waals surface area (Å²) in [5, 5.41) is 33.2. The van der Waals surface area contributed by atoms with Gasteiger partial charge in [-0.15, -0.1) is 0 Å². The number of carbonyl (C=O) groups is 7. The molecule has 0 spiro atoms. The van der Waals surface area contributed by atoms with Crippen molar-refractivity contribution in [2.75, 3.05) is 150 Å². The summed E-state index contributed by atoms with van der Waals surface area (Å²) in [5.41, 5.74) is 2.03. The van der Waals surface area contributed by atoms with Crippen molar-refractivity contribution in [3.63, 3.8) is 0 Å². The maximum Gasteiger partial charge on any atom is 0.328 e. The molecule has 26 nitrogen and oxygen atoms in total. The first kappa shape index (κ1) is 66.3. The Labute approximate surface area is 471 Å². The highest BCUT2D eigenvalue weighted by molar-refractivity contribution is 6.13. The molecule has 6 amide bonds. The van der Waals surface area contributed by atoms with Gasteiger partial charge in [0.05, 0.1) is 129 Å². The number of hydrogen-bond donors (Lipinski definition) is 7. The Morgan fingerprint density at radius 2 is 1.11 bits per heavy atom. The molecule has 1 atom stereocenters. The Kier molecular flexibility index (Phi) is 32.8. The highest BCUT2D eigenvalue weighted by atomic mass is 16.6. The van der Waals surface area contributed by atoms with Crippen LogP contribution in [-0.4, -0.2) is 218 Å². The number of carbonyl (C=O) groups excluding carboxylic acids is 6. The third-order valence-corrected chi connectivity index (χ3v) is 11.5. The maximum absolute atomic E-state index is 13.2. The van der Waals surface area contributed by atoms with Crippen LogP contribution in [0.3, 0.4) is 0 Å². The molecule has 1 aliphatic heterocycles. The average molecular weight is 1140 g/mol. The number of imide groups is 1. The van der Waals surface area contributed by atoms with Crippen molar-refractivity contribution in [3.8, 4) is 11.5 Å². The van der Waals surface area contributed by atoms with Crippen LogP contribution in [-0.2, 0) is 68.3 Å². The van der Waals surface area contributed by atoms with Crippen LogP contribution in [0.5, 0.6) is 11.5 Å². The predicted octanol–water partition coefficient (Wildman–Crippen LogP) is 1.30. The number of amides is 6. The van der Waals surface area contributed by atoms with Crippen LogP contribution in [0.2, 0.25) is 0 Å². The lowest BCUT2D eigenvalue weighted by molar-refractivity contribution is -0.139. The van der Waals surface area contributed by atoms with Crippen molar-refractivity contribution in [2.24, 2.45) is 0 Å². The van der Waals surface area contributed by atoms with Crippen LogP contribution in [0.15, 0.2) is 60.7 Å². The molecule has 7 N–H and O–H groups in total. The van der Waals surface area contributed by atoms with E-state index in [-0.39, 0.29) is 61.3 Å². The van der Waals surface area contributed by atoms with E-state index in [4.69, 9.17) is 42.6 Å². The molecule has 1 aromatic heterocycles. The molecular weight excluding hydrogens is 1060 g/mol. The van der Waals surface area contributed by atoms with Gasteiger partial charge >= 0.3 is 5.97 Å². The number of benzene rings is 2. The van der Waals surface area contributed by atoms with Crippen molar-refractivity contribution in [1.29, 1.82) is 0 Å². The number of aromatic hydroxyl groups is 1. The first-order chi connectivity index (χ1) is 39.3. The number of ether oxygens (including phenoxy) is 9. The van der Waals surface area contributed by atoms with Crippen molar-refractivity contribution in [1.82, 2.24) is 36.1 Å². The summed E-state index contributed by atoms with van der Waals surface area (Å²) >= 11 is 0. The molecule has 3 aromatic rings. The zero-order valence-corrected chi connectivity index (χ0v) is 46.2. The van der Waals surface area contributed by atoms with E-state index in [0.29, 0.717) is 148 Å². The van der Waals surface area contributed by atoms with Crippen molar-refractivity contribution < 1.29 is 86.4 Å². The first-order valence-corrected chi connectivity index (χ1v) is 26.9. The molecule has 26 heteroatoms. The maximum atomic E-state index is 13.2.